The molecule has 0 fully saturated rings. The third-order valence-electron chi connectivity index (χ3n) is 16.6. The van der Waals surface area contributed by atoms with Gasteiger partial charge in [0.05, 0.1) is 5.69 Å². The topological polar surface area (TPSA) is 6.48 Å². The van der Waals surface area contributed by atoms with Crippen molar-refractivity contribution in [1.82, 2.24) is 0 Å². The first-order valence-corrected chi connectivity index (χ1v) is 29.5. The molecule has 2 nitrogen and oxygen atoms in total. The van der Waals surface area contributed by atoms with Gasteiger partial charge in [0, 0.05) is 60.1 Å². The second kappa shape index (κ2) is 21.6. The lowest BCUT2D eigenvalue weighted by Gasteiger charge is -2.33. The highest BCUT2D eigenvalue weighted by molar-refractivity contribution is 7.26. The van der Waals surface area contributed by atoms with Crippen molar-refractivity contribution in [2.45, 2.75) is 12.3 Å². The van der Waals surface area contributed by atoms with Gasteiger partial charge in [0.25, 0.3) is 0 Å². The molecule has 15 rings (SSSR count). The van der Waals surface area contributed by atoms with Crippen molar-refractivity contribution in [3.05, 3.63) is 338 Å². The molecule has 1 aromatic heterocycles. The van der Waals surface area contributed by atoms with Gasteiger partial charge in [-0.3, -0.25) is 0 Å². The molecule has 1 atom stereocenters. The largest absolute Gasteiger partial charge is 0.310 e. The zero-order valence-corrected chi connectivity index (χ0v) is 46.5. The molecule has 1 heterocycles. The SMILES string of the molecule is c1ccc(-c2ccc(N(c3ccc(-c4ccccc4)cc3)c3cc(-c4cc5c(sc6ccccc65)c5c4-c4ccccc4C(c4cccc(-c6ccccc6)c4)C5)cc(N(c4ccccc4)c4ccccc4-c4ccccc4)c3)cc2)cc1. The monoisotopic (exact) mass is 1080 g/mol. The molecule has 0 saturated heterocycles. The minimum absolute atomic E-state index is 0.143. The summed E-state index contributed by atoms with van der Waals surface area (Å²) in [4.78, 5) is 4.93. The van der Waals surface area contributed by atoms with E-state index in [9.17, 15) is 0 Å². The summed E-state index contributed by atoms with van der Waals surface area (Å²) < 4.78 is 2.66. The molecule has 0 aliphatic heterocycles. The van der Waals surface area contributed by atoms with Crippen LogP contribution in [0.1, 0.15) is 22.6 Å². The van der Waals surface area contributed by atoms with Gasteiger partial charge in [0.15, 0.2) is 0 Å². The Morgan fingerprint density at radius 3 is 1.41 bits per heavy atom. The standard InChI is InChI=1S/C80H56N2S/c1-6-23-55(24-7-1)58-41-45-65(46-42-58)81(66-47-43-59(44-48-66)56-25-8-2-9-26-56)67-50-63(51-68(52-67)82(64-33-14-5-15-34-64)77-39-20-18-35-69(77)60-29-12-4-13-30-60)74-54-75-71-37-19-21-40-78(71)83-80(75)76-53-73(70-36-16-17-38-72(70)79(74)76)62-32-22-31-61(49-62)57-27-10-3-11-28-57/h1-52,54,73H,53H2. The number of thiophene rings is 1. The maximum Gasteiger partial charge on any atom is 0.0540 e. The predicted octanol–water partition coefficient (Wildman–Crippen LogP) is 22.7. The first-order chi connectivity index (χ1) is 41.2. The Labute approximate surface area is 489 Å². The summed E-state index contributed by atoms with van der Waals surface area (Å²) in [6.45, 7) is 0. The Balaban J connectivity index is 1.01. The number of anilines is 6. The quantitative estimate of drug-likeness (QED) is 0.120. The van der Waals surface area contributed by atoms with E-state index in [2.05, 4.69) is 331 Å². The van der Waals surface area contributed by atoms with E-state index in [1.165, 1.54) is 86.9 Å². The molecular formula is C80H56N2S. The number of benzene rings is 13. The van der Waals surface area contributed by atoms with E-state index in [-0.39, 0.29) is 5.92 Å². The molecule has 1 aliphatic carbocycles. The molecular weight excluding hydrogens is 1020 g/mol. The van der Waals surface area contributed by atoms with E-state index in [1.807, 2.05) is 11.3 Å². The van der Waals surface area contributed by atoms with Gasteiger partial charge in [0.1, 0.15) is 0 Å². The fraction of sp³-hybridized carbons (Fsp3) is 0.0250. The molecule has 13 aromatic carbocycles. The Kier molecular flexibility index (Phi) is 12.9. The van der Waals surface area contributed by atoms with Crippen molar-refractivity contribution in [2.75, 3.05) is 9.80 Å². The minimum atomic E-state index is 0.143. The lowest BCUT2D eigenvalue weighted by molar-refractivity contribution is 0.800. The molecule has 83 heavy (non-hydrogen) atoms. The Bertz CT molecular complexity index is 4530. The van der Waals surface area contributed by atoms with Gasteiger partial charge in [-0.05, 0) is 157 Å². The average molecular weight is 1080 g/mol. The van der Waals surface area contributed by atoms with Crippen molar-refractivity contribution >= 4 is 65.6 Å². The second-order valence-corrected chi connectivity index (χ2v) is 22.6. The van der Waals surface area contributed by atoms with Gasteiger partial charge in [0.2, 0.25) is 0 Å². The van der Waals surface area contributed by atoms with Crippen LogP contribution in [0.25, 0.3) is 86.9 Å². The number of rotatable bonds is 12. The van der Waals surface area contributed by atoms with Crippen LogP contribution in [0.15, 0.2) is 322 Å². The molecule has 0 spiro atoms. The van der Waals surface area contributed by atoms with Gasteiger partial charge in [-0.15, -0.1) is 11.3 Å². The van der Waals surface area contributed by atoms with Crippen LogP contribution in [0.2, 0.25) is 0 Å². The fourth-order valence-electron chi connectivity index (χ4n) is 12.7. The number of hydrogen-bond acceptors (Lipinski definition) is 3. The highest BCUT2D eigenvalue weighted by Crippen LogP contribution is 2.54. The van der Waals surface area contributed by atoms with Crippen molar-refractivity contribution < 1.29 is 0 Å². The molecule has 0 bridgehead atoms. The Hall–Kier alpha value is -10.3. The molecule has 3 heteroatoms. The van der Waals surface area contributed by atoms with Gasteiger partial charge < -0.3 is 9.80 Å². The van der Waals surface area contributed by atoms with Crippen molar-refractivity contribution in [3.8, 4) is 66.8 Å². The minimum Gasteiger partial charge on any atom is -0.310 e. The lowest BCUT2D eigenvalue weighted by Crippen LogP contribution is -2.15. The van der Waals surface area contributed by atoms with Crippen molar-refractivity contribution in [3.63, 3.8) is 0 Å². The molecule has 0 amide bonds. The van der Waals surface area contributed by atoms with E-state index in [0.717, 1.165) is 57.2 Å². The first-order valence-electron chi connectivity index (χ1n) is 28.6. The van der Waals surface area contributed by atoms with Gasteiger partial charge >= 0.3 is 0 Å². The van der Waals surface area contributed by atoms with E-state index in [0.29, 0.717) is 0 Å². The highest BCUT2D eigenvalue weighted by atomic mass is 32.1. The molecule has 1 aliphatic rings. The third kappa shape index (κ3) is 9.37. The van der Waals surface area contributed by atoms with E-state index in [1.54, 1.807) is 0 Å². The zero-order chi connectivity index (χ0) is 55.1. The smallest absolute Gasteiger partial charge is 0.0540 e. The summed E-state index contributed by atoms with van der Waals surface area (Å²) in [7, 11) is 0. The maximum atomic E-state index is 2.53. The number of hydrogen-bond donors (Lipinski definition) is 0. The van der Waals surface area contributed by atoms with E-state index in [4.69, 9.17) is 0 Å². The van der Waals surface area contributed by atoms with Gasteiger partial charge in [-0.2, -0.15) is 0 Å². The normalized spacial score (nSPS) is 12.7. The van der Waals surface area contributed by atoms with Crippen LogP contribution in [-0.4, -0.2) is 0 Å². The average Bonchev–Trinajstić information content (AvgIpc) is 4.18. The van der Waals surface area contributed by atoms with E-state index < -0.39 is 0 Å². The van der Waals surface area contributed by atoms with Gasteiger partial charge in [-0.1, -0.05) is 249 Å². The summed E-state index contributed by atoms with van der Waals surface area (Å²) in [6.07, 6.45) is 0.864. The fourth-order valence-corrected chi connectivity index (χ4v) is 14.0. The Morgan fingerprint density at radius 1 is 0.289 bits per heavy atom. The van der Waals surface area contributed by atoms with Crippen LogP contribution < -0.4 is 9.80 Å². The third-order valence-corrected chi connectivity index (χ3v) is 17.9. The van der Waals surface area contributed by atoms with Crippen LogP contribution in [0.4, 0.5) is 34.1 Å². The Morgan fingerprint density at radius 2 is 0.771 bits per heavy atom. The highest BCUT2D eigenvalue weighted by Gasteiger charge is 2.32. The summed E-state index contributed by atoms with van der Waals surface area (Å²) in [5.74, 6) is 0.143. The summed E-state index contributed by atoms with van der Waals surface area (Å²) in [5, 5.41) is 2.58. The summed E-state index contributed by atoms with van der Waals surface area (Å²) in [5.41, 5.74) is 24.9. The second-order valence-electron chi connectivity index (χ2n) is 21.5. The summed E-state index contributed by atoms with van der Waals surface area (Å²) >= 11 is 1.94. The number of fused-ring (bicyclic) bond motifs is 7. The molecule has 0 saturated carbocycles. The molecule has 392 valence electrons. The van der Waals surface area contributed by atoms with Crippen LogP contribution >= 0.6 is 11.3 Å². The molecule has 1 unspecified atom stereocenters. The first kappa shape index (κ1) is 49.7. The lowest BCUT2D eigenvalue weighted by atomic mass is 9.73. The number of para-hydroxylation sites is 2. The molecule has 14 aromatic rings. The van der Waals surface area contributed by atoms with Crippen molar-refractivity contribution in [1.29, 1.82) is 0 Å². The van der Waals surface area contributed by atoms with Crippen LogP contribution in [0.3, 0.4) is 0 Å². The van der Waals surface area contributed by atoms with Crippen molar-refractivity contribution in [2.24, 2.45) is 0 Å². The predicted molar refractivity (Wildman–Crippen MR) is 353 cm³/mol. The molecule has 0 N–H and O–H groups in total. The summed E-state index contributed by atoms with van der Waals surface area (Å²) in [6, 6.07) is 118. The van der Waals surface area contributed by atoms with Gasteiger partial charge in [-0.25, -0.2) is 0 Å². The maximum absolute atomic E-state index is 2.53. The number of nitrogens with zero attached hydrogens (tertiary/aromatic N) is 2. The van der Waals surface area contributed by atoms with E-state index >= 15 is 0 Å². The van der Waals surface area contributed by atoms with Crippen LogP contribution in [0, 0.1) is 0 Å². The van der Waals surface area contributed by atoms with Crippen LogP contribution in [0.5, 0.6) is 0 Å². The molecule has 0 radical (unpaired) electrons. The van der Waals surface area contributed by atoms with Crippen LogP contribution in [-0.2, 0) is 6.42 Å². The zero-order valence-electron chi connectivity index (χ0n) is 45.7.